The molecule has 64 valence electrons. The predicted molar refractivity (Wildman–Crippen MR) is 43.3 cm³/mol. The Labute approximate surface area is 67.6 Å². The van der Waals surface area contributed by atoms with E-state index in [1.165, 1.54) is 0 Å². The lowest BCUT2D eigenvalue weighted by Crippen LogP contribution is -2.15. The number of hydrogen-bond acceptors (Lipinski definition) is 1. The Hall–Kier alpha value is -0.530. The predicted octanol–water partition coefficient (Wildman–Crippen LogP) is 2.14. The smallest absolute Gasteiger partial charge is 0.307 e. The lowest BCUT2D eigenvalue weighted by Gasteiger charge is -2.17. The maximum absolute atomic E-state index is 10.6. The topological polar surface area (TPSA) is 37.3 Å². The molecule has 0 bridgehead atoms. The third-order valence-electron chi connectivity index (χ3n) is 3.22. The first-order valence-corrected chi connectivity index (χ1v) is 4.27. The van der Waals surface area contributed by atoms with Crippen LogP contribution in [0.4, 0.5) is 0 Å². The van der Waals surface area contributed by atoms with Gasteiger partial charge < -0.3 is 5.11 Å². The van der Waals surface area contributed by atoms with Gasteiger partial charge in [0.25, 0.3) is 0 Å². The minimum Gasteiger partial charge on any atom is -0.481 e. The van der Waals surface area contributed by atoms with Gasteiger partial charge in [0, 0.05) is 0 Å². The molecule has 1 aliphatic rings. The SMILES string of the molecule is CC[C@]1(C(C)C)C[C@H]1C(=O)O. The molecule has 0 heterocycles. The molecule has 11 heavy (non-hydrogen) atoms. The number of aliphatic carboxylic acids is 1. The van der Waals surface area contributed by atoms with Gasteiger partial charge >= 0.3 is 5.97 Å². The van der Waals surface area contributed by atoms with Crippen LogP contribution in [0.2, 0.25) is 0 Å². The Balaban J connectivity index is 2.64. The van der Waals surface area contributed by atoms with Crippen LogP contribution in [0.5, 0.6) is 0 Å². The van der Waals surface area contributed by atoms with Crippen molar-refractivity contribution in [3.8, 4) is 0 Å². The molecule has 0 saturated heterocycles. The van der Waals surface area contributed by atoms with Crippen LogP contribution in [0, 0.1) is 17.3 Å². The van der Waals surface area contributed by atoms with E-state index in [0.29, 0.717) is 5.92 Å². The first kappa shape index (κ1) is 8.57. The van der Waals surface area contributed by atoms with Crippen molar-refractivity contribution in [2.45, 2.75) is 33.6 Å². The summed E-state index contributed by atoms with van der Waals surface area (Å²) in [6.45, 7) is 6.32. The summed E-state index contributed by atoms with van der Waals surface area (Å²) in [6, 6.07) is 0. The molecule has 1 rings (SSSR count). The van der Waals surface area contributed by atoms with Gasteiger partial charge in [-0.1, -0.05) is 20.8 Å². The van der Waals surface area contributed by atoms with Gasteiger partial charge in [0.1, 0.15) is 0 Å². The summed E-state index contributed by atoms with van der Waals surface area (Å²) in [5.74, 6) is -0.165. The molecule has 1 aliphatic carbocycles. The van der Waals surface area contributed by atoms with Crippen LogP contribution in [-0.4, -0.2) is 11.1 Å². The van der Waals surface area contributed by atoms with Crippen molar-refractivity contribution < 1.29 is 9.90 Å². The van der Waals surface area contributed by atoms with Gasteiger partial charge in [-0.15, -0.1) is 0 Å². The molecule has 2 nitrogen and oxygen atoms in total. The lowest BCUT2D eigenvalue weighted by molar-refractivity contribution is -0.139. The molecule has 1 N–H and O–H groups in total. The van der Waals surface area contributed by atoms with Crippen LogP contribution in [0.3, 0.4) is 0 Å². The van der Waals surface area contributed by atoms with Gasteiger partial charge in [-0.3, -0.25) is 4.79 Å². The quantitative estimate of drug-likeness (QED) is 0.679. The molecule has 2 atom stereocenters. The van der Waals surface area contributed by atoms with E-state index in [9.17, 15) is 4.79 Å². The second kappa shape index (κ2) is 2.50. The van der Waals surface area contributed by atoms with E-state index in [4.69, 9.17) is 5.11 Å². The standard InChI is InChI=1S/C9H16O2/c1-4-9(6(2)3)5-7(9)8(10)11/h6-7H,4-5H2,1-3H3,(H,10,11)/t7-,9+/m0/s1. The Morgan fingerprint density at radius 2 is 2.27 bits per heavy atom. The van der Waals surface area contributed by atoms with E-state index in [1.807, 2.05) is 0 Å². The number of carbonyl (C=O) groups is 1. The second-order valence-corrected chi connectivity index (χ2v) is 3.84. The van der Waals surface area contributed by atoms with Crippen molar-refractivity contribution in [3.05, 3.63) is 0 Å². The summed E-state index contributed by atoms with van der Waals surface area (Å²) in [6.07, 6.45) is 1.89. The van der Waals surface area contributed by atoms with Crippen LogP contribution >= 0.6 is 0 Å². The minimum atomic E-state index is -0.611. The van der Waals surface area contributed by atoms with E-state index in [2.05, 4.69) is 20.8 Å². The summed E-state index contributed by atoms with van der Waals surface area (Å²) in [4.78, 5) is 10.6. The molecule has 0 unspecified atom stereocenters. The monoisotopic (exact) mass is 156 g/mol. The van der Waals surface area contributed by atoms with Crippen molar-refractivity contribution >= 4 is 5.97 Å². The van der Waals surface area contributed by atoms with Gasteiger partial charge in [-0.05, 0) is 24.2 Å². The molecule has 0 aliphatic heterocycles. The van der Waals surface area contributed by atoms with Crippen LogP contribution in [0.1, 0.15) is 33.6 Å². The van der Waals surface area contributed by atoms with Crippen LogP contribution in [0.15, 0.2) is 0 Å². The van der Waals surface area contributed by atoms with Crippen LogP contribution < -0.4 is 0 Å². The highest BCUT2D eigenvalue weighted by atomic mass is 16.4. The number of rotatable bonds is 3. The molecule has 1 fully saturated rings. The number of carboxylic acid groups (broad SMARTS) is 1. The van der Waals surface area contributed by atoms with Crippen molar-refractivity contribution in [2.24, 2.45) is 17.3 Å². The van der Waals surface area contributed by atoms with Gasteiger partial charge in [-0.25, -0.2) is 0 Å². The normalized spacial score (nSPS) is 35.8. The summed E-state index contributed by atoms with van der Waals surface area (Å²) in [5, 5.41) is 8.77. The second-order valence-electron chi connectivity index (χ2n) is 3.84. The van der Waals surface area contributed by atoms with E-state index in [-0.39, 0.29) is 11.3 Å². The van der Waals surface area contributed by atoms with E-state index < -0.39 is 5.97 Å². The Morgan fingerprint density at radius 3 is 2.36 bits per heavy atom. The zero-order valence-electron chi connectivity index (χ0n) is 7.42. The first-order valence-electron chi connectivity index (χ1n) is 4.27. The number of carboxylic acids is 1. The average molecular weight is 156 g/mol. The van der Waals surface area contributed by atoms with Gasteiger partial charge in [0.05, 0.1) is 5.92 Å². The highest BCUT2D eigenvalue weighted by Gasteiger charge is 2.58. The molecule has 0 radical (unpaired) electrons. The van der Waals surface area contributed by atoms with Crippen molar-refractivity contribution in [3.63, 3.8) is 0 Å². The van der Waals surface area contributed by atoms with E-state index in [0.717, 1.165) is 12.8 Å². The fraction of sp³-hybridized carbons (Fsp3) is 0.889. The zero-order valence-corrected chi connectivity index (χ0v) is 7.42. The Bertz CT molecular complexity index is 174. The van der Waals surface area contributed by atoms with Gasteiger partial charge in [0.15, 0.2) is 0 Å². The fourth-order valence-corrected chi connectivity index (χ4v) is 2.09. The third kappa shape index (κ3) is 1.15. The van der Waals surface area contributed by atoms with E-state index >= 15 is 0 Å². The fourth-order valence-electron chi connectivity index (χ4n) is 2.09. The summed E-state index contributed by atoms with van der Waals surface area (Å²) < 4.78 is 0. The molecule has 0 amide bonds. The molecule has 0 spiro atoms. The molecule has 0 aromatic heterocycles. The summed E-state index contributed by atoms with van der Waals surface area (Å²) >= 11 is 0. The molecule has 2 heteroatoms. The maximum atomic E-state index is 10.6. The minimum absolute atomic E-state index is 0.0625. The van der Waals surface area contributed by atoms with Crippen LogP contribution in [-0.2, 0) is 4.79 Å². The molecule has 0 aromatic carbocycles. The molecule has 0 aromatic rings. The summed E-state index contributed by atoms with van der Waals surface area (Å²) in [7, 11) is 0. The zero-order chi connectivity index (χ0) is 8.65. The van der Waals surface area contributed by atoms with Gasteiger partial charge in [0.2, 0.25) is 0 Å². The third-order valence-corrected chi connectivity index (χ3v) is 3.22. The first-order chi connectivity index (χ1) is 5.04. The van der Waals surface area contributed by atoms with Crippen molar-refractivity contribution in [1.29, 1.82) is 0 Å². The molecular weight excluding hydrogens is 140 g/mol. The largest absolute Gasteiger partial charge is 0.481 e. The van der Waals surface area contributed by atoms with E-state index in [1.54, 1.807) is 0 Å². The van der Waals surface area contributed by atoms with Crippen LogP contribution in [0.25, 0.3) is 0 Å². The maximum Gasteiger partial charge on any atom is 0.307 e. The number of hydrogen-bond donors (Lipinski definition) is 1. The average Bonchev–Trinajstić information content (AvgIpc) is 2.62. The van der Waals surface area contributed by atoms with Gasteiger partial charge in [-0.2, -0.15) is 0 Å². The van der Waals surface area contributed by atoms with Crippen molar-refractivity contribution in [2.75, 3.05) is 0 Å². The van der Waals surface area contributed by atoms with Crippen molar-refractivity contribution in [1.82, 2.24) is 0 Å². The highest BCUT2D eigenvalue weighted by molar-refractivity contribution is 5.74. The Kier molecular flexibility index (Phi) is 1.95. The Morgan fingerprint density at radius 1 is 1.73 bits per heavy atom. The molecule has 1 saturated carbocycles. The summed E-state index contributed by atoms with van der Waals surface area (Å²) in [5.41, 5.74) is 0.131. The highest BCUT2D eigenvalue weighted by Crippen LogP contribution is 2.60. The molecular formula is C9H16O2. The lowest BCUT2D eigenvalue weighted by atomic mass is 9.87.